The van der Waals surface area contributed by atoms with Crippen molar-refractivity contribution in [1.82, 2.24) is 4.98 Å². The summed E-state index contributed by atoms with van der Waals surface area (Å²) in [6.45, 7) is 1.72. The van der Waals surface area contributed by atoms with Crippen molar-refractivity contribution in [3.8, 4) is 0 Å². The predicted octanol–water partition coefficient (Wildman–Crippen LogP) is 0.108. The molecule has 1 amide bonds. The van der Waals surface area contributed by atoms with E-state index >= 15 is 0 Å². The van der Waals surface area contributed by atoms with Gasteiger partial charge in [-0.1, -0.05) is 0 Å². The number of anilines is 1. The van der Waals surface area contributed by atoms with E-state index < -0.39 is 5.91 Å². The third-order valence-corrected chi connectivity index (χ3v) is 3.72. The first kappa shape index (κ1) is 10.5. The molecule has 0 unspecified atom stereocenters. The van der Waals surface area contributed by atoms with E-state index in [1.165, 1.54) is 12.8 Å². The molecule has 3 rings (SSSR count). The lowest BCUT2D eigenvalue weighted by Crippen LogP contribution is -2.69. The largest absolute Gasteiger partial charge is 0.368 e. The van der Waals surface area contributed by atoms with Crippen LogP contribution in [-0.2, 0) is 0 Å². The number of carbonyl (C=O) groups excluding carboxylic acids is 1. The van der Waals surface area contributed by atoms with Gasteiger partial charge in [0.25, 0.3) is 5.91 Å². The normalized spacial score (nSPS) is 22.1. The van der Waals surface area contributed by atoms with Gasteiger partial charge in [-0.05, 0) is 30.9 Å². The van der Waals surface area contributed by atoms with Gasteiger partial charge < -0.3 is 16.4 Å². The van der Waals surface area contributed by atoms with Gasteiger partial charge in [-0.25, -0.2) is 0 Å². The number of carbonyl (C=O) groups is 1. The van der Waals surface area contributed by atoms with Crippen LogP contribution in [0.4, 0.5) is 5.69 Å². The highest BCUT2D eigenvalue weighted by Crippen LogP contribution is 2.44. The lowest BCUT2D eigenvalue weighted by atomic mass is 9.85. The van der Waals surface area contributed by atoms with E-state index in [4.69, 9.17) is 11.5 Å². The Labute approximate surface area is 99.8 Å². The molecule has 2 fully saturated rings. The van der Waals surface area contributed by atoms with Gasteiger partial charge in [0, 0.05) is 25.0 Å². The smallest absolute Gasteiger partial charge is 0.267 e. The summed E-state index contributed by atoms with van der Waals surface area (Å²) in [5.41, 5.74) is 12.8. The Morgan fingerprint density at radius 2 is 2.18 bits per heavy atom. The molecule has 0 spiro atoms. The molecule has 0 bridgehead atoms. The molecule has 1 saturated carbocycles. The van der Waals surface area contributed by atoms with Gasteiger partial charge in [-0.15, -0.1) is 0 Å². The quantitative estimate of drug-likeness (QED) is 0.774. The molecular weight excluding hydrogens is 216 g/mol. The molecule has 0 radical (unpaired) electrons. The van der Waals surface area contributed by atoms with Crippen molar-refractivity contribution in [2.75, 3.05) is 18.0 Å². The third kappa shape index (κ3) is 1.76. The van der Waals surface area contributed by atoms with Crippen LogP contribution in [0.1, 0.15) is 23.3 Å². The molecule has 4 N–H and O–H groups in total. The topological polar surface area (TPSA) is 85.2 Å². The maximum absolute atomic E-state index is 11.0. The predicted molar refractivity (Wildman–Crippen MR) is 64.6 cm³/mol. The first-order chi connectivity index (χ1) is 8.08. The van der Waals surface area contributed by atoms with Gasteiger partial charge in [-0.2, -0.15) is 0 Å². The number of hydrogen-bond acceptors (Lipinski definition) is 4. The maximum atomic E-state index is 11.0. The van der Waals surface area contributed by atoms with Crippen LogP contribution in [0.5, 0.6) is 0 Å². The van der Waals surface area contributed by atoms with E-state index in [1.54, 1.807) is 12.3 Å². The van der Waals surface area contributed by atoms with Gasteiger partial charge >= 0.3 is 0 Å². The molecule has 1 aromatic heterocycles. The molecule has 2 heterocycles. The van der Waals surface area contributed by atoms with Crippen molar-refractivity contribution in [2.24, 2.45) is 17.4 Å². The number of amides is 1. The summed E-state index contributed by atoms with van der Waals surface area (Å²) in [7, 11) is 0. The summed E-state index contributed by atoms with van der Waals surface area (Å²) in [5.74, 6) is 0.199. The molecule has 0 aromatic carbocycles. The molecule has 1 aliphatic carbocycles. The van der Waals surface area contributed by atoms with Gasteiger partial charge in [0.2, 0.25) is 0 Å². The lowest BCUT2D eigenvalue weighted by molar-refractivity contribution is 0.0995. The number of primary amides is 1. The second kappa shape index (κ2) is 3.43. The molecule has 5 nitrogen and oxygen atoms in total. The molecule has 90 valence electrons. The Morgan fingerprint density at radius 3 is 2.76 bits per heavy atom. The van der Waals surface area contributed by atoms with Crippen molar-refractivity contribution in [3.05, 3.63) is 24.0 Å². The summed E-state index contributed by atoms with van der Waals surface area (Å²) >= 11 is 0. The number of hydrogen-bond donors (Lipinski definition) is 2. The van der Waals surface area contributed by atoms with Crippen LogP contribution in [0.3, 0.4) is 0 Å². The van der Waals surface area contributed by atoms with E-state index in [2.05, 4.69) is 9.88 Å². The fourth-order valence-electron chi connectivity index (χ4n) is 2.51. The minimum absolute atomic E-state index is 0.0177. The monoisotopic (exact) mass is 232 g/mol. The highest BCUT2D eigenvalue weighted by atomic mass is 16.1. The van der Waals surface area contributed by atoms with Crippen LogP contribution < -0.4 is 16.4 Å². The third-order valence-electron chi connectivity index (χ3n) is 3.72. The van der Waals surface area contributed by atoms with Gasteiger partial charge in [0.1, 0.15) is 5.69 Å². The second-order valence-electron chi connectivity index (χ2n) is 5.13. The van der Waals surface area contributed by atoms with Gasteiger partial charge in [0.05, 0.1) is 5.54 Å². The summed E-state index contributed by atoms with van der Waals surface area (Å²) < 4.78 is 0. The summed E-state index contributed by atoms with van der Waals surface area (Å²) in [4.78, 5) is 17.1. The Hall–Kier alpha value is -1.62. The van der Waals surface area contributed by atoms with Gasteiger partial charge in [-0.3, -0.25) is 9.78 Å². The lowest BCUT2D eigenvalue weighted by Gasteiger charge is -2.49. The number of nitrogens with two attached hydrogens (primary N) is 2. The molecule has 1 aliphatic heterocycles. The fourth-order valence-corrected chi connectivity index (χ4v) is 2.51. The summed E-state index contributed by atoms with van der Waals surface area (Å²) in [6.07, 6.45) is 4.13. The average molecular weight is 232 g/mol. The zero-order chi connectivity index (χ0) is 12.0. The number of rotatable bonds is 3. The van der Waals surface area contributed by atoms with Crippen LogP contribution in [-0.4, -0.2) is 29.5 Å². The number of nitrogens with zero attached hydrogens (tertiary/aromatic N) is 2. The van der Waals surface area contributed by atoms with Crippen LogP contribution in [0.15, 0.2) is 18.3 Å². The molecular formula is C12H16N4O. The average Bonchev–Trinajstić information content (AvgIpc) is 3.09. The van der Waals surface area contributed by atoms with E-state index in [0.717, 1.165) is 18.8 Å². The summed E-state index contributed by atoms with van der Waals surface area (Å²) in [5, 5.41) is 0. The van der Waals surface area contributed by atoms with Gasteiger partial charge in [0.15, 0.2) is 0 Å². The van der Waals surface area contributed by atoms with E-state index in [1.807, 2.05) is 6.07 Å². The first-order valence-electron chi connectivity index (χ1n) is 5.88. The Kier molecular flexibility index (Phi) is 2.13. The van der Waals surface area contributed by atoms with Crippen molar-refractivity contribution in [1.29, 1.82) is 0 Å². The van der Waals surface area contributed by atoms with Crippen molar-refractivity contribution in [3.63, 3.8) is 0 Å². The van der Waals surface area contributed by atoms with E-state index in [9.17, 15) is 4.79 Å². The molecule has 1 aromatic rings. The van der Waals surface area contributed by atoms with E-state index in [0.29, 0.717) is 11.6 Å². The number of aromatic nitrogens is 1. The first-order valence-corrected chi connectivity index (χ1v) is 5.88. The van der Waals surface area contributed by atoms with Crippen LogP contribution in [0.25, 0.3) is 0 Å². The maximum Gasteiger partial charge on any atom is 0.267 e. The second-order valence-corrected chi connectivity index (χ2v) is 5.13. The Balaban J connectivity index is 1.74. The zero-order valence-electron chi connectivity index (χ0n) is 9.60. The highest BCUT2D eigenvalue weighted by Gasteiger charge is 2.50. The SMILES string of the molecule is NC(=O)c1cc(N2CC(N)(C3CC3)C2)ccn1. The molecule has 0 atom stereocenters. The van der Waals surface area contributed by atoms with E-state index in [-0.39, 0.29) is 5.54 Å². The van der Waals surface area contributed by atoms with Crippen LogP contribution in [0, 0.1) is 5.92 Å². The standard InChI is InChI=1S/C12H16N4O/c13-11(17)10-5-9(3-4-15-10)16-6-12(14,7-16)8-1-2-8/h3-5,8H,1-2,6-7,14H2,(H2,13,17). The molecule has 1 saturated heterocycles. The Morgan fingerprint density at radius 1 is 1.47 bits per heavy atom. The van der Waals surface area contributed by atoms with Crippen LogP contribution in [0.2, 0.25) is 0 Å². The molecule has 17 heavy (non-hydrogen) atoms. The summed E-state index contributed by atoms with van der Waals surface area (Å²) in [6, 6.07) is 3.62. The van der Waals surface area contributed by atoms with Crippen LogP contribution >= 0.6 is 0 Å². The number of pyridine rings is 1. The van der Waals surface area contributed by atoms with Crippen molar-refractivity contribution < 1.29 is 4.79 Å². The fraction of sp³-hybridized carbons (Fsp3) is 0.500. The zero-order valence-corrected chi connectivity index (χ0v) is 9.60. The minimum Gasteiger partial charge on any atom is -0.368 e. The Bertz CT molecular complexity index is 463. The molecule has 2 aliphatic rings. The highest BCUT2D eigenvalue weighted by molar-refractivity contribution is 5.91. The van der Waals surface area contributed by atoms with Crippen molar-refractivity contribution in [2.45, 2.75) is 18.4 Å². The van der Waals surface area contributed by atoms with Crippen molar-refractivity contribution >= 4 is 11.6 Å². The minimum atomic E-state index is -0.492. The molecule has 5 heteroatoms.